The Balaban J connectivity index is 1.86. The van der Waals surface area contributed by atoms with Crippen LogP contribution in [0.15, 0.2) is 30.5 Å². The fourth-order valence-corrected chi connectivity index (χ4v) is 1.91. The first-order valence-electron chi connectivity index (χ1n) is 6.14. The molecule has 100 valence electrons. The summed E-state index contributed by atoms with van der Waals surface area (Å²) in [7, 11) is 0. The average Bonchev–Trinajstić information content (AvgIpc) is 2.80. The maximum absolute atomic E-state index is 10.8. The monoisotopic (exact) mass is 260 g/mol. The molecule has 0 aliphatic heterocycles. The van der Waals surface area contributed by atoms with Gasteiger partial charge in [-0.2, -0.15) is 5.10 Å². The lowest BCUT2D eigenvalue weighted by molar-refractivity contribution is -0.384. The number of para-hydroxylation sites is 2. The standard InChI is InChI=1S/C13H16N4O2/c1-10-11(9-15-16-10)5-4-8-14-12-6-2-3-7-13(12)17(18)19/h2-3,6-7,9,14H,4-5,8H2,1H3,(H,15,16). The molecule has 2 N–H and O–H groups in total. The lowest BCUT2D eigenvalue weighted by atomic mass is 10.1. The fraction of sp³-hybridized carbons (Fsp3) is 0.308. The molecule has 6 nitrogen and oxygen atoms in total. The highest BCUT2D eigenvalue weighted by Gasteiger charge is 2.11. The number of hydrogen-bond acceptors (Lipinski definition) is 4. The Morgan fingerprint density at radius 1 is 1.42 bits per heavy atom. The van der Waals surface area contributed by atoms with E-state index in [9.17, 15) is 10.1 Å². The number of aromatic nitrogens is 2. The van der Waals surface area contributed by atoms with E-state index in [2.05, 4.69) is 15.5 Å². The summed E-state index contributed by atoms with van der Waals surface area (Å²) in [6.45, 7) is 2.67. The van der Waals surface area contributed by atoms with E-state index in [-0.39, 0.29) is 10.6 Å². The summed E-state index contributed by atoms with van der Waals surface area (Å²) in [5.41, 5.74) is 2.94. The summed E-state index contributed by atoms with van der Waals surface area (Å²) in [5.74, 6) is 0. The van der Waals surface area contributed by atoms with Crippen LogP contribution in [0, 0.1) is 17.0 Å². The molecule has 0 atom stereocenters. The normalized spacial score (nSPS) is 10.4. The highest BCUT2D eigenvalue weighted by Crippen LogP contribution is 2.23. The molecular formula is C13H16N4O2. The van der Waals surface area contributed by atoms with E-state index >= 15 is 0 Å². The van der Waals surface area contributed by atoms with Crippen LogP contribution in [-0.2, 0) is 6.42 Å². The van der Waals surface area contributed by atoms with Crippen molar-refractivity contribution in [3.63, 3.8) is 0 Å². The molecule has 0 aliphatic carbocycles. The molecule has 2 aromatic rings. The van der Waals surface area contributed by atoms with Gasteiger partial charge in [-0.3, -0.25) is 15.2 Å². The lowest BCUT2D eigenvalue weighted by Gasteiger charge is -2.06. The van der Waals surface area contributed by atoms with Crippen molar-refractivity contribution in [3.8, 4) is 0 Å². The van der Waals surface area contributed by atoms with Crippen LogP contribution in [0.5, 0.6) is 0 Å². The Morgan fingerprint density at radius 3 is 2.89 bits per heavy atom. The van der Waals surface area contributed by atoms with Gasteiger partial charge >= 0.3 is 0 Å². The molecule has 1 aromatic carbocycles. The van der Waals surface area contributed by atoms with E-state index in [0.717, 1.165) is 18.5 Å². The van der Waals surface area contributed by atoms with Gasteiger partial charge in [-0.05, 0) is 31.4 Å². The van der Waals surface area contributed by atoms with E-state index in [1.807, 2.05) is 13.1 Å². The largest absolute Gasteiger partial charge is 0.379 e. The van der Waals surface area contributed by atoms with Crippen LogP contribution in [-0.4, -0.2) is 21.7 Å². The molecule has 2 rings (SSSR count). The van der Waals surface area contributed by atoms with Gasteiger partial charge in [0.2, 0.25) is 0 Å². The van der Waals surface area contributed by atoms with Crippen LogP contribution in [0.3, 0.4) is 0 Å². The SMILES string of the molecule is Cc1[nH]ncc1CCCNc1ccccc1[N+](=O)[O-]. The molecule has 1 aromatic heterocycles. The quantitative estimate of drug-likeness (QED) is 0.475. The van der Waals surface area contributed by atoms with Crippen LogP contribution >= 0.6 is 0 Å². The van der Waals surface area contributed by atoms with E-state index in [1.54, 1.807) is 18.2 Å². The Kier molecular flexibility index (Phi) is 4.12. The van der Waals surface area contributed by atoms with Crippen molar-refractivity contribution in [2.24, 2.45) is 0 Å². The number of nitrogens with zero attached hydrogens (tertiary/aromatic N) is 2. The number of aromatic amines is 1. The summed E-state index contributed by atoms with van der Waals surface area (Å²) >= 11 is 0. The van der Waals surface area contributed by atoms with E-state index in [4.69, 9.17) is 0 Å². The second kappa shape index (κ2) is 5.99. The first-order valence-corrected chi connectivity index (χ1v) is 6.14. The minimum atomic E-state index is -0.372. The van der Waals surface area contributed by atoms with Gasteiger partial charge in [0.15, 0.2) is 0 Å². The molecule has 0 aliphatic rings. The molecule has 6 heteroatoms. The number of benzene rings is 1. The zero-order valence-corrected chi connectivity index (χ0v) is 10.7. The minimum absolute atomic E-state index is 0.113. The number of nitrogens with one attached hydrogen (secondary N) is 2. The third kappa shape index (κ3) is 3.31. The molecule has 19 heavy (non-hydrogen) atoms. The van der Waals surface area contributed by atoms with E-state index in [0.29, 0.717) is 12.2 Å². The fourth-order valence-electron chi connectivity index (χ4n) is 1.91. The third-order valence-electron chi connectivity index (χ3n) is 2.97. The molecule has 1 heterocycles. The lowest BCUT2D eigenvalue weighted by Crippen LogP contribution is -2.05. The molecular weight excluding hydrogens is 244 g/mol. The Bertz CT molecular complexity index is 565. The minimum Gasteiger partial charge on any atom is -0.379 e. The zero-order valence-electron chi connectivity index (χ0n) is 10.7. The van der Waals surface area contributed by atoms with Crippen molar-refractivity contribution in [1.29, 1.82) is 0 Å². The molecule has 0 saturated heterocycles. The Hall–Kier alpha value is -2.37. The predicted molar refractivity (Wildman–Crippen MR) is 73.2 cm³/mol. The highest BCUT2D eigenvalue weighted by molar-refractivity contribution is 5.60. The molecule has 0 saturated carbocycles. The zero-order chi connectivity index (χ0) is 13.7. The second-order valence-corrected chi connectivity index (χ2v) is 4.32. The number of aryl methyl sites for hydroxylation is 2. The van der Waals surface area contributed by atoms with Gasteiger partial charge in [0.1, 0.15) is 5.69 Å². The second-order valence-electron chi connectivity index (χ2n) is 4.32. The average molecular weight is 260 g/mol. The van der Waals surface area contributed by atoms with Crippen molar-refractivity contribution in [2.75, 3.05) is 11.9 Å². The number of hydrogen-bond donors (Lipinski definition) is 2. The van der Waals surface area contributed by atoms with Crippen molar-refractivity contribution in [2.45, 2.75) is 19.8 Å². The summed E-state index contributed by atoms with van der Waals surface area (Å²) in [6.07, 6.45) is 3.61. The first kappa shape index (κ1) is 13.1. The van der Waals surface area contributed by atoms with Gasteiger partial charge in [-0.1, -0.05) is 12.1 Å². The van der Waals surface area contributed by atoms with E-state index < -0.39 is 0 Å². The molecule has 0 fully saturated rings. The predicted octanol–water partition coefficient (Wildman–Crippen LogP) is 2.67. The maximum atomic E-state index is 10.8. The molecule has 0 amide bonds. The summed E-state index contributed by atoms with van der Waals surface area (Å²) in [4.78, 5) is 10.5. The Labute approximate surface area is 111 Å². The van der Waals surface area contributed by atoms with Crippen LogP contribution in [0.4, 0.5) is 11.4 Å². The van der Waals surface area contributed by atoms with Crippen molar-refractivity contribution >= 4 is 11.4 Å². The van der Waals surface area contributed by atoms with Gasteiger partial charge in [-0.15, -0.1) is 0 Å². The van der Waals surface area contributed by atoms with Crippen LogP contribution in [0.1, 0.15) is 17.7 Å². The van der Waals surface area contributed by atoms with Gasteiger partial charge in [0, 0.05) is 18.3 Å². The van der Waals surface area contributed by atoms with Gasteiger partial charge in [-0.25, -0.2) is 0 Å². The molecule has 0 unspecified atom stereocenters. The van der Waals surface area contributed by atoms with Gasteiger partial charge in [0.25, 0.3) is 5.69 Å². The van der Waals surface area contributed by atoms with Crippen LogP contribution < -0.4 is 5.32 Å². The highest BCUT2D eigenvalue weighted by atomic mass is 16.6. The smallest absolute Gasteiger partial charge is 0.292 e. The van der Waals surface area contributed by atoms with Crippen LogP contribution in [0.2, 0.25) is 0 Å². The number of nitro benzene ring substituents is 1. The number of H-pyrrole nitrogens is 1. The number of rotatable bonds is 6. The number of nitro groups is 1. The first-order chi connectivity index (χ1) is 9.18. The topological polar surface area (TPSA) is 83.8 Å². The number of anilines is 1. The van der Waals surface area contributed by atoms with Gasteiger partial charge < -0.3 is 5.32 Å². The third-order valence-corrected chi connectivity index (χ3v) is 2.97. The summed E-state index contributed by atoms with van der Waals surface area (Å²) in [6, 6.07) is 6.68. The van der Waals surface area contributed by atoms with Crippen molar-refractivity contribution < 1.29 is 4.92 Å². The summed E-state index contributed by atoms with van der Waals surface area (Å²) < 4.78 is 0. The summed E-state index contributed by atoms with van der Waals surface area (Å²) in [5, 5.41) is 20.8. The molecule has 0 bridgehead atoms. The molecule has 0 radical (unpaired) electrons. The molecule has 0 spiro atoms. The van der Waals surface area contributed by atoms with Crippen molar-refractivity contribution in [1.82, 2.24) is 10.2 Å². The van der Waals surface area contributed by atoms with Gasteiger partial charge in [0.05, 0.1) is 11.1 Å². The Morgan fingerprint density at radius 2 is 2.21 bits per heavy atom. The maximum Gasteiger partial charge on any atom is 0.292 e. The van der Waals surface area contributed by atoms with E-state index in [1.165, 1.54) is 11.6 Å². The van der Waals surface area contributed by atoms with Crippen LogP contribution in [0.25, 0.3) is 0 Å². The van der Waals surface area contributed by atoms with Crippen molar-refractivity contribution in [3.05, 3.63) is 51.8 Å².